The zero-order valence-electron chi connectivity index (χ0n) is 9.47. The predicted octanol–water partition coefficient (Wildman–Crippen LogP) is 2.37. The fourth-order valence-electron chi connectivity index (χ4n) is 0.945. The number of carbonyl (C=O) groups is 2. The van der Waals surface area contributed by atoms with Crippen LogP contribution >= 0.6 is 0 Å². The third-order valence-electron chi connectivity index (χ3n) is 2.02. The lowest BCUT2D eigenvalue weighted by molar-refractivity contribution is -0.127. The maximum Gasteiger partial charge on any atom is 0.240 e. The molecule has 0 bridgehead atoms. The Bertz CT molecular complexity index is 423. The van der Waals surface area contributed by atoms with E-state index in [1.165, 1.54) is 20.9 Å². The van der Waals surface area contributed by atoms with Gasteiger partial charge in [-0.15, -0.1) is 5.11 Å². The summed E-state index contributed by atoms with van der Waals surface area (Å²) in [5, 5.41) is 8.68. The highest BCUT2D eigenvalue weighted by molar-refractivity contribution is 5.94. The second-order valence-electron chi connectivity index (χ2n) is 3.34. The van der Waals surface area contributed by atoms with E-state index in [2.05, 4.69) is 10.3 Å². The van der Waals surface area contributed by atoms with Gasteiger partial charge >= 0.3 is 0 Å². The monoisotopic (exact) mass is 219 g/mol. The summed E-state index contributed by atoms with van der Waals surface area (Å²) < 4.78 is 0. The molecule has 0 aliphatic rings. The lowest BCUT2D eigenvalue weighted by atomic mass is 10.1. The average Bonchev–Trinajstić information content (AvgIpc) is 2.26. The Morgan fingerprint density at radius 2 is 1.69 bits per heavy atom. The highest BCUT2D eigenvalue weighted by Gasteiger charge is 2.00. The van der Waals surface area contributed by atoms with Crippen LogP contribution in [0.15, 0.2) is 34.6 Å². The Balaban J connectivity index is 2.76. The predicted molar refractivity (Wildman–Crippen MR) is 59.4 cm³/mol. The molecule has 0 saturated heterocycles. The van der Waals surface area contributed by atoms with Crippen LogP contribution in [0.1, 0.15) is 24.2 Å². The molecule has 0 spiro atoms. The third-order valence-corrected chi connectivity index (χ3v) is 2.02. The molecular formula is C11H13N3O2. The minimum absolute atomic E-state index is 0.00402. The summed E-state index contributed by atoms with van der Waals surface area (Å²) in [6.07, 6.45) is 0. The lowest BCUT2D eigenvalue weighted by Gasteiger charge is -2.04. The molecule has 5 nitrogen and oxygen atoms in total. The van der Waals surface area contributed by atoms with E-state index in [4.69, 9.17) is 0 Å². The largest absolute Gasteiger partial charge is 0.295 e. The van der Waals surface area contributed by atoms with Gasteiger partial charge < -0.3 is 0 Å². The standard InChI is InChI=1S/C11H13N3O2/c1-8(15)10-4-6-11(7-5-10)12-13-14(3)9(2)16/h4-7H,1-3H3. The van der Waals surface area contributed by atoms with E-state index in [9.17, 15) is 9.59 Å². The zero-order valence-corrected chi connectivity index (χ0v) is 9.47. The van der Waals surface area contributed by atoms with E-state index in [1.54, 1.807) is 24.3 Å². The molecule has 16 heavy (non-hydrogen) atoms. The number of Topliss-reactive ketones (excluding diaryl/α,β-unsaturated/α-hetero) is 1. The van der Waals surface area contributed by atoms with Gasteiger partial charge in [0.15, 0.2) is 5.78 Å². The van der Waals surface area contributed by atoms with Gasteiger partial charge in [0.1, 0.15) is 0 Å². The van der Waals surface area contributed by atoms with Crippen LogP contribution in [0.25, 0.3) is 0 Å². The van der Waals surface area contributed by atoms with Gasteiger partial charge in [0, 0.05) is 19.5 Å². The number of nitrogens with zero attached hydrogens (tertiary/aromatic N) is 3. The summed E-state index contributed by atoms with van der Waals surface area (Å²) in [5.41, 5.74) is 1.22. The van der Waals surface area contributed by atoms with Crippen LogP contribution < -0.4 is 0 Å². The third kappa shape index (κ3) is 3.27. The van der Waals surface area contributed by atoms with Crippen molar-refractivity contribution in [3.8, 4) is 0 Å². The molecule has 0 saturated carbocycles. The molecule has 0 radical (unpaired) electrons. The Labute approximate surface area is 93.8 Å². The van der Waals surface area contributed by atoms with Crippen LogP contribution in [0.4, 0.5) is 5.69 Å². The summed E-state index contributed by atoms with van der Waals surface area (Å²) in [5.74, 6) is -0.187. The van der Waals surface area contributed by atoms with E-state index in [0.717, 1.165) is 5.01 Å². The van der Waals surface area contributed by atoms with Crippen LogP contribution in [0.5, 0.6) is 0 Å². The first-order valence-corrected chi connectivity index (χ1v) is 4.77. The molecule has 84 valence electrons. The average molecular weight is 219 g/mol. The number of carbonyl (C=O) groups excluding carboxylic acids is 2. The van der Waals surface area contributed by atoms with Crippen molar-refractivity contribution in [1.29, 1.82) is 0 Å². The fraction of sp³-hybridized carbons (Fsp3) is 0.273. The van der Waals surface area contributed by atoms with Crippen LogP contribution in [-0.2, 0) is 4.79 Å². The van der Waals surface area contributed by atoms with Crippen molar-refractivity contribution in [2.24, 2.45) is 10.3 Å². The number of rotatable bonds is 3. The summed E-state index contributed by atoms with van der Waals surface area (Å²) in [6.45, 7) is 2.90. The molecule has 0 N–H and O–H groups in total. The van der Waals surface area contributed by atoms with Crippen molar-refractivity contribution >= 4 is 17.4 Å². The lowest BCUT2D eigenvalue weighted by Crippen LogP contribution is -2.15. The van der Waals surface area contributed by atoms with Crippen molar-refractivity contribution < 1.29 is 9.59 Å². The van der Waals surface area contributed by atoms with Gasteiger partial charge in [0.2, 0.25) is 5.91 Å². The molecule has 0 atom stereocenters. The fourth-order valence-corrected chi connectivity index (χ4v) is 0.945. The smallest absolute Gasteiger partial charge is 0.240 e. The van der Waals surface area contributed by atoms with Crippen LogP contribution in [0.2, 0.25) is 0 Å². The topological polar surface area (TPSA) is 62.1 Å². The minimum Gasteiger partial charge on any atom is -0.295 e. The second-order valence-corrected chi connectivity index (χ2v) is 3.34. The maximum absolute atomic E-state index is 11.0. The quantitative estimate of drug-likeness (QED) is 0.445. The molecular weight excluding hydrogens is 206 g/mol. The van der Waals surface area contributed by atoms with Crippen LogP contribution in [0, 0.1) is 0 Å². The number of hydrogen-bond acceptors (Lipinski definition) is 4. The molecule has 0 aromatic heterocycles. The SMILES string of the molecule is CC(=O)c1ccc(N=NN(C)C(C)=O)cc1. The number of benzene rings is 1. The first-order valence-electron chi connectivity index (χ1n) is 4.77. The molecule has 5 heteroatoms. The Morgan fingerprint density at radius 1 is 1.12 bits per heavy atom. The Kier molecular flexibility index (Phi) is 3.88. The van der Waals surface area contributed by atoms with E-state index < -0.39 is 0 Å². The van der Waals surface area contributed by atoms with E-state index in [1.807, 2.05) is 0 Å². The van der Waals surface area contributed by atoms with E-state index in [-0.39, 0.29) is 11.7 Å². The van der Waals surface area contributed by atoms with Gasteiger partial charge in [-0.1, -0.05) is 5.22 Å². The summed E-state index contributed by atoms with van der Waals surface area (Å²) in [6, 6.07) is 6.69. The highest BCUT2D eigenvalue weighted by Crippen LogP contribution is 2.14. The summed E-state index contributed by atoms with van der Waals surface area (Å²) in [7, 11) is 1.52. The van der Waals surface area contributed by atoms with Crippen molar-refractivity contribution in [3.05, 3.63) is 29.8 Å². The number of hydrogen-bond donors (Lipinski definition) is 0. The first-order chi connectivity index (χ1) is 7.50. The van der Waals surface area contributed by atoms with Gasteiger partial charge in [-0.25, -0.2) is 5.01 Å². The Hall–Kier alpha value is -2.04. The second kappa shape index (κ2) is 5.16. The summed E-state index contributed by atoms with van der Waals surface area (Å²) >= 11 is 0. The van der Waals surface area contributed by atoms with Gasteiger partial charge in [0.05, 0.1) is 5.69 Å². The highest BCUT2D eigenvalue weighted by atomic mass is 16.2. The molecule has 0 fully saturated rings. The van der Waals surface area contributed by atoms with Crippen molar-refractivity contribution in [1.82, 2.24) is 5.01 Å². The molecule has 1 amide bonds. The van der Waals surface area contributed by atoms with E-state index in [0.29, 0.717) is 11.3 Å². The van der Waals surface area contributed by atoms with Gasteiger partial charge in [-0.05, 0) is 31.2 Å². The van der Waals surface area contributed by atoms with Gasteiger partial charge in [0.25, 0.3) is 0 Å². The van der Waals surface area contributed by atoms with E-state index >= 15 is 0 Å². The molecule has 0 aliphatic carbocycles. The normalized spacial score (nSPS) is 10.4. The molecule has 0 heterocycles. The molecule has 1 rings (SSSR count). The number of amides is 1. The molecule has 0 aliphatic heterocycles. The molecule has 0 unspecified atom stereocenters. The summed E-state index contributed by atoms with van der Waals surface area (Å²) in [4.78, 5) is 21.8. The zero-order chi connectivity index (χ0) is 12.1. The molecule has 1 aromatic carbocycles. The number of ketones is 1. The Morgan fingerprint density at radius 3 is 2.12 bits per heavy atom. The first kappa shape index (κ1) is 12.0. The van der Waals surface area contributed by atoms with Crippen molar-refractivity contribution in [2.45, 2.75) is 13.8 Å². The van der Waals surface area contributed by atoms with Crippen LogP contribution in [0.3, 0.4) is 0 Å². The van der Waals surface area contributed by atoms with Crippen molar-refractivity contribution in [3.63, 3.8) is 0 Å². The van der Waals surface area contributed by atoms with Crippen molar-refractivity contribution in [2.75, 3.05) is 7.05 Å². The van der Waals surface area contributed by atoms with Gasteiger partial charge in [-0.3, -0.25) is 9.59 Å². The maximum atomic E-state index is 11.0. The van der Waals surface area contributed by atoms with Gasteiger partial charge in [-0.2, -0.15) is 0 Å². The van der Waals surface area contributed by atoms with Crippen LogP contribution in [-0.4, -0.2) is 23.7 Å². The molecule has 1 aromatic rings. The minimum atomic E-state index is -0.191.